The quantitative estimate of drug-likeness (QED) is 0.804. The van der Waals surface area contributed by atoms with Crippen molar-refractivity contribution in [2.45, 2.75) is 49.2 Å². The van der Waals surface area contributed by atoms with Crippen LogP contribution >= 0.6 is 11.6 Å². The molecule has 2 N–H and O–H groups in total. The summed E-state index contributed by atoms with van der Waals surface area (Å²) >= 11 is 6.43. The van der Waals surface area contributed by atoms with Crippen LogP contribution in [0.3, 0.4) is 0 Å². The van der Waals surface area contributed by atoms with Crippen LogP contribution in [0.2, 0.25) is 5.02 Å². The monoisotopic (exact) mass is 378 g/mol. The summed E-state index contributed by atoms with van der Waals surface area (Å²) in [6.45, 7) is -0.0904. The van der Waals surface area contributed by atoms with E-state index < -0.39 is 11.3 Å². The Balaban J connectivity index is 1.55. The van der Waals surface area contributed by atoms with Gasteiger partial charge >= 0.3 is 0 Å². The lowest BCUT2D eigenvalue weighted by atomic mass is 9.42. The first kappa shape index (κ1) is 19.1. The number of hydrogen-bond donors (Lipinski definition) is 2. The predicted octanol–water partition coefficient (Wildman–Crippen LogP) is 2.55. The average Bonchev–Trinajstić information content (AvgIpc) is 2.62. The maximum absolute atomic E-state index is 10.1. The summed E-state index contributed by atoms with van der Waals surface area (Å²) in [5, 5.41) is 19.4. The first-order valence-corrected chi connectivity index (χ1v) is 9.66. The maximum Gasteiger partial charge on any atom is 0.0854 e. The number of rotatable bonds is 4. The normalized spacial score (nSPS) is 26.3. The van der Waals surface area contributed by atoms with Gasteiger partial charge in [-0.15, -0.1) is 0 Å². The molecule has 1 heterocycles. The smallest absolute Gasteiger partial charge is 0.0854 e. The minimum Gasteiger partial charge on any atom is -0.394 e. The van der Waals surface area contributed by atoms with Gasteiger partial charge < -0.3 is 14.9 Å². The molecule has 4 rings (SSSR count). The first-order chi connectivity index (χ1) is 12.9. The van der Waals surface area contributed by atoms with Gasteiger partial charge in [0.1, 0.15) is 0 Å². The Kier molecular flexibility index (Phi) is 5.15. The summed E-state index contributed by atoms with van der Waals surface area (Å²) in [5.41, 5.74) is 5.32. The van der Waals surface area contributed by atoms with Gasteiger partial charge in [-0.2, -0.15) is 0 Å². The highest BCUT2D eigenvalue weighted by atomic mass is 35.5. The number of fused-ring (bicyclic) bond motifs is 1. The largest absolute Gasteiger partial charge is 0.394 e. The molecule has 1 fully saturated rings. The number of halogens is 1. The van der Waals surface area contributed by atoms with Crippen molar-refractivity contribution in [1.29, 1.82) is 0 Å². The number of ether oxygens (including phenoxy) is 1. The van der Waals surface area contributed by atoms with Crippen LogP contribution in [0.4, 0.5) is 0 Å². The number of aliphatic hydroxyl groups excluding tert-OH is 2. The molecular weight excluding hydrogens is 357 g/mol. The molecule has 136 valence electrons. The van der Waals surface area contributed by atoms with E-state index >= 15 is 0 Å². The zero-order valence-corrected chi connectivity index (χ0v) is 15.8. The Morgan fingerprint density at radius 2 is 1.96 bits per heavy atom. The van der Waals surface area contributed by atoms with Crippen molar-refractivity contribution in [3.63, 3.8) is 0 Å². The van der Waals surface area contributed by atoms with E-state index in [4.69, 9.17) is 32.0 Å². The molecule has 2 aromatic carbocycles. The third-order valence-corrected chi connectivity index (χ3v) is 5.94. The van der Waals surface area contributed by atoms with Crippen molar-refractivity contribution < 1.29 is 14.9 Å². The highest BCUT2D eigenvalue weighted by molar-refractivity contribution is 6.41. The van der Waals surface area contributed by atoms with Crippen LogP contribution in [-0.4, -0.2) is 44.7 Å². The summed E-state index contributed by atoms with van der Waals surface area (Å²) in [4.78, 5) is 0. The number of benzene rings is 2. The zero-order valence-electron chi connectivity index (χ0n) is 15.1. The molecule has 3 unspecified atom stereocenters. The summed E-state index contributed by atoms with van der Waals surface area (Å²) in [6.07, 6.45) is 1.31. The fraction of sp³-hybridized carbons (Fsp3) is 0.429. The van der Waals surface area contributed by atoms with E-state index in [0.29, 0.717) is 30.7 Å². The molecule has 0 bridgehead atoms. The lowest BCUT2D eigenvalue weighted by Gasteiger charge is -2.39. The highest BCUT2D eigenvalue weighted by Gasteiger charge is 2.32. The van der Waals surface area contributed by atoms with E-state index in [2.05, 4.69) is 6.07 Å². The van der Waals surface area contributed by atoms with Crippen LogP contribution in [0.5, 0.6) is 0 Å². The third kappa shape index (κ3) is 3.84. The molecule has 0 amide bonds. The third-order valence-electron chi connectivity index (χ3n) is 5.57. The Morgan fingerprint density at radius 3 is 2.67 bits per heavy atom. The van der Waals surface area contributed by atoms with Crippen molar-refractivity contribution in [2.75, 3.05) is 6.61 Å². The summed E-state index contributed by atoms with van der Waals surface area (Å²) < 4.78 is 5.92. The number of aliphatic hydroxyl groups is 2. The second kappa shape index (κ2) is 7.29. The molecule has 1 aliphatic carbocycles. The Morgan fingerprint density at radius 1 is 1.15 bits per heavy atom. The minimum absolute atomic E-state index is 0.0904. The second-order valence-electron chi connectivity index (χ2n) is 7.79. The molecule has 2 aromatic rings. The Hall–Kier alpha value is -1.26. The van der Waals surface area contributed by atoms with Crippen LogP contribution < -0.4 is 0 Å². The van der Waals surface area contributed by atoms with Crippen LogP contribution in [0.15, 0.2) is 36.4 Å². The molecule has 2 aliphatic rings. The molecule has 27 heavy (non-hydrogen) atoms. The summed E-state index contributed by atoms with van der Waals surface area (Å²) in [7, 11) is 12.0. The van der Waals surface area contributed by atoms with Gasteiger partial charge in [-0.1, -0.05) is 52.7 Å². The van der Waals surface area contributed by atoms with Gasteiger partial charge in [0.25, 0.3) is 0 Å². The summed E-state index contributed by atoms with van der Waals surface area (Å²) in [5.74, 6) is 0. The summed E-state index contributed by atoms with van der Waals surface area (Å²) in [6, 6.07) is 12.0. The lowest BCUT2D eigenvalue weighted by molar-refractivity contribution is -0.113. The van der Waals surface area contributed by atoms with Gasteiger partial charge in [0.2, 0.25) is 0 Å². The SMILES string of the molecule is [B]C1([B])Cc2cc(Cc3cc(C4CC(O)CC(CO)O4)ccc3Cl)ccc21. The molecule has 6 heteroatoms. The lowest BCUT2D eigenvalue weighted by Crippen LogP contribution is -2.39. The molecule has 1 saturated heterocycles. The molecule has 3 atom stereocenters. The van der Waals surface area contributed by atoms with Gasteiger partial charge in [0.15, 0.2) is 0 Å². The van der Waals surface area contributed by atoms with Gasteiger partial charge in [-0.25, -0.2) is 0 Å². The van der Waals surface area contributed by atoms with Gasteiger partial charge in [-0.05, 0) is 41.2 Å². The van der Waals surface area contributed by atoms with E-state index in [1.54, 1.807) is 0 Å². The predicted molar refractivity (Wildman–Crippen MR) is 108 cm³/mol. The van der Waals surface area contributed by atoms with E-state index in [1.807, 2.05) is 30.3 Å². The molecule has 4 radical (unpaired) electrons. The topological polar surface area (TPSA) is 49.7 Å². The van der Waals surface area contributed by atoms with Crippen LogP contribution in [0.25, 0.3) is 0 Å². The molecule has 0 spiro atoms. The molecule has 0 saturated carbocycles. The Bertz CT molecular complexity index is 855. The van der Waals surface area contributed by atoms with Crippen LogP contribution in [-0.2, 0) is 22.8 Å². The zero-order chi connectivity index (χ0) is 19.2. The van der Waals surface area contributed by atoms with Crippen LogP contribution in [0, 0.1) is 0 Å². The van der Waals surface area contributed by atoms with Gasteiger partial charge in [-0.3, -0.25) is 0 Å². The highest BCUT2D eigenvalue weighted by Crippen LogP contribution is 2.38. The van der Waals surface area contributed by atoms with Gasteiger partial charge in [0, 0.05) is 17.9 Å². The minimum atomic E-state index is -0.701. The van der Waals surface area contributed by atoms with E-state index in [9.17, 15) is 10.2 Å². The Labute approximate surface area is 167 Å². The molecule has 0 aromatic heterocycles. The fourth-order valence-electron chi connectivity index (χ4n) is 4.13. The van der Waals surface area contributed by atoms with Crippen molar-refractivity contribution in [2.24, 2.45) is 0 Å². The average molecular weight is 378 g/mol. The fourth-order valence-corrected chi connectivity index (χ4v) is 4.32. The molecular formula is C21H21B2ClO3. The molecule has 1 aliphatic heterocycles. The standard InChI is InChI=1S/C21H21B2ClO3/c22-21(23)10-15-6-12(1-3-18(15)21)5-14-7-13(2-4-19(14)24)20-9-16(26)8-17(11-25)27-20/h1-4,6-7,16-17,20,25-26H,5,8-11H2. The second-order valence-corrected chi connectivity index (χ2v) is 8.20. The van der Waals surface area contributed by atoms with E-state index in [0.717, 1.165) is 22.3 Å². The number of hydrogen-bond acceptors (Lipinski definition) is 3. The van der Waals surface area contributed by atoms with Crippen molar-refractivity contribution >= 4 is 27.3 Å². The van der Waals surface area contributed by atoms with Crippen molar-refractivity contribution in [3.8, 4) is 0 Å². The maximum atomic E-state index is 10.1. The van der Waals surface area contributed by atoms with Crippen LogP contribution in [0.1, 0.15) is 46.8 Å². The van der Waals surface area contributed by atoms with Gasteiger partial charge in [0.05, 0.1) is 40.6 Å². The van der Waals surface area contributed by atoms with E-state index in [-0.39, 0.29) is 18.8 Å². The molecule has 3 nitrogen and oxygen atoms in total. The van der Waals surface area contributed by atoms with Crippen molar-refractivity contribution in [1.82, 2.24) is 0 Å². The first-order valence-electron chi connectivity index (χ1n) is 9.28. The van der Waals surface area contributed by atoms with E-state index in [1.165, 1.54) is 5.56 Å². The van der Waals surface area contributed by atoms with Crippen molar-refractivity contribution in [3.05, 3.63) is 69.2 Å².